The fourth-order valence-electron chi connectivity index (χ4n) is 2.67. The average Bonchev–Trinajstić information content (AvgIpc) is 2.51. The fourth-order valence-corrected chi connectivity index (χ4v) is 2.67. The monoisotopic (exact) mass is 285 g/mol. The summed E-state index contributed by atoms with van der Waals surface area (Å²) in [6.45, 7) is 2.05. The number of halogens is 1. The predicted octanol–water partition coefficient (Wildman–Crippen LogP) is 4.29. The first-order chi connectivity index (χ1) is 10.2. The zero-order valence-electron chi connectivity index (χ0n) is 12.9. The van der Waals surface area contributed by atoms with E-state index in [2.05, 4.69) is 29.6 Å². The van der Waals surface area contributed by atoms with Crippen LogP contribution >= 0.6 is 0 Å². The number of benzene rings is 2. The van der Waals surface area contributed by atoms with Gasteiger partial charge in [0.1, 0.15) is 5.82 Å². The maximum atomic E-state index is 13.4. The number of aryl methyl sites for hydroxylation is 2. The van der Waals surface area contributed by atoms with E-state index in [0.717, 1.165) is 31.2 Å². The van der Waals surface area contributed by atoms with Crippen molar-refractivity contribution < 1.29 is 4.39 Å². The lowest BCUT2D eigenvalue weighted by atomic mass is 9.96. The van der Waals surface area contributed by atoms with Crippen molar-refractivity contribution >= 4 is 0 Å². The van der Waals surface area contributed by atoms with Crippen LogP contribution in [0.1, 0.15) is 29.5 Å². The lowest BCUT2D eigenvalue weighted by molar-refractivity contribution is 0.499. The second kappa shape index (κ2) is 7.94. The van der Waals surface area contributed by atoms with Crippen LogP contribution in [0, 0.1) is 12.7 Å². The van der Waals surface area contributed by atoms with Crippen LogP contribution in [0.4, 0.5) is 4.39 Å². The highest BCUT2D eigenvalue weighted by atomic mass is 19.1. The molecule has 0 bridgehead atoms. The van der Waals surface area contributed by atoms with Crippen molar-refractivity contribution in [2.24, 2.45) is 0 Å². The van der Waals surface area contributed by atoms with E-state index in [4.69, 9.17) is 0 Å². The molecule has 112 valence electrons. The summed E-state index contributed by atoms with van der Waals surface area (Å²) in [4.78, 5) is 0. The minimum Gasteiger partial charge on any atom is -0.317 e. The standard InChI is InChI=1S/C19H24FN/c1-15-11-12-18(20)13-17(15)14-19(21-2)10-6-9-16-7-4-3-5-8-16/h3-5,7-8,11-13,19,21H,6,9-10,14H2,1-2H3. The van der Waals surface area contributed by atoms with Gasteiger partial charge < -0.3 is 5.32 Å². The first kappa shape index (κ1) is 15.7. The summed E-state index contributed by atoms with van der Waals surface area (Å²) in [5.41, 5.74) is 3.66. The molecule has 0 aliphatic rings. The van der Waals surface area contributed by atoms with Gasteiger partial charge in [-0.05, 0) is 68.5 Å². The molecule has 2 rings (SSSR count). The zero-order valence-corrected chi connectivity index (χ0v) is 12.9. The third kappa shape index (κ3) is 4.98. The smallest absolute Gasteiger partial charge is 0.123 e. The molecule has 0 amide bonds. The summed E-state index contributed by atoms with van der Waals surface area (Å²) in [6, 6.07) is 16.0. The largest absolute Gasteiger partial charge is 0.317 e. The molecule has 1 nitrogen and oxygen atoms in total. The van der Waals surface area contributed by atoms with Crippen molar-refractivity contribution in [2.75, 3.05) is 7.05 Å². The quantitative estimate of drug-likeness (QED) is 0.800. The van der Waals surface area contributed by atoms with Crippen LogP contribution in [0.15, 0.2) is 48.5 Å². The molecule has 1 unspecified atom stereocenters. The first-order valence-electron chi connectivity index (χ1n) is 7.65. The molecule has 2 aromatic carbocycles. The molecule has 0 spiro atoms. The van der Waals surface area contributed by atoms with Crippen molar-refractivity contribution in [1.29, 1.82) is 0 Å². The summed E-state index contributed by atoms with van der Waals surface area (Å²) in [7, 11) is 1.99. The van der Waals surface area contributed by atoms with E-state index in [9.17, 15) is 4.39 Å². The molecule has 1 atom stereocenters. The molecular formula is C19H24FN. The number of nitrogens with one attached hydrogen (secondary N) is 1. The lowest BCUT2D eigenvalue weighted by Gasteiger charge is -2.17. The van der Waals surface area contributed by atoms with Gasteiger partial charge in [0.15, 0.2) is 0 Å². The Balaban J connectivity index is 1.87. The second-order valence-electron chi connectivity index (χ2n) is 5.64. The van der Waals surface area contributed by atoms with Crippen LogP contribution in [0.25, 0.3) is 0 Å². The van der Waals surface area contributed by atoms with Crippen LogP contribution in [-0.2, 0) is 12.8 Å². The Kier molecular flexibility index (Phi) is 5.94. The van der Waals surface area contributed by atoms with Crippen molar-refractivity contribution in [3.8, 4) is 0 Å². The molecule has 0 saturated carbocycles. The number of likely N-dealkylation sites (N-methyl/N-ethyl adjacent to an activating group) is 1. The Hall–Kier alpha value is -1.67. The SMILES string of the molecule is CNC(CCCc1ccccc1)Cc1cc(F)ccc1C. The Morgan fingerprint density at radius 1 is 1.10 bits per heavy atom. The van der Waals surface area contributed by atoms with Crippen molar-refractivity contribution in [2.45, 2.75) is 38.6 Å². The molecule has 2 aromatic rings. The summed E-state index contributed by atoms with van der Waals surface area (Å²) in [6.07, 6.45) is 4.22. The molecule has 2 heteroatoms. The number of rotatable bonds is 7. The zero-order chi connectivity index (χ0) is 15.1. The van der Waals surface area contributed by atoms with Gasteiger partial charge in [-0.15, -0.1) is 0 Å². The van der Waals surface area contributed by atoms with E-state index in [1.807, 2.05) is 26.1 Å². The van der Waals surface area contributed by atoms with Crippen molar-refractivity contribution in [3.63, 3.8) is 0 Å². The highest BCUT2D eigenvalue weighted by Crippen LogP contribution is 2.15. The highest BCUT2D eigenvalue weighted by Gasteiger charge is 2.10. The number of hydrogen-bond acceptors (Lipinski definition) is 1. The molecule has 21 heavy (non-hydrogen) atoms. The maximum Gasteiger partial charge on any atom is 0.123 e. The van der Waals surface area contributed by atoms with Crippen LogP contribution < -0.4 is 5.32 Å². The average molecular weight is 285 g/mol. The molecule has 1 N–H and O–H groups in total. The van der Waals surface area contributed by atoms with Crippen LogP contribution in [0.5, 0.6) is 0 Å². The molecule has 0 radical (unpaired) electrons. The molecule has 0 aliphatic carbocycles. The topological polar surface area (TPSA) is 12.0 Å². The molecule has 0 saturated heterocycles. The minimum absolute atomic E-state index is 0.144. The van der Waals surface area contributed by atoms with Gasteiger partial charge in [0.2, 0.25) is 0 Å². The second-order valence-corrected chi connectivity index (χ2v) is 5.64. The van der Waals surface area contributed by atoms with Crippen LogP contribution in [0.3, 0.4) is 0 Å². The van der Waals surface area contributed by atoms with E-state index in [-0.39, 0.29) is 5.82 Å². The van der Waals surface area contributed by atoms with E-state index >= 15 is 0 Å². The van der Waals surface area contributed by atoms with Gasteiger partial charge in [0.25, 0.3) is 0 Å². The molecule has 0 aromatic heterocycles. The Morgan fingerprint density at radius 2 is 1.86 bits per heavy atom. The fraction of sp³-hybridized carbons (Fsp3) is 0.368. The minimum atomic E-state index is -0.144. The van der Waals surface area contributed by atoms with Gasteiger partial charge in [-0.1, -0.05) is 36.4 Å². The van der Waals surface area contributed by atoms with Crippen molar-refractivity contribution in [3.05, 3.63) is 71.0 Å². The van der Waals surface area contributed by atoms with Gasteiger partial charge in [-0.2, -0.15) is 0 Å². The summed E-state index contributed by atoms with van der Waals surface area (Å²) >= 11 is 0. The predicted molar refractivity (Wildman–Crippen MR) is 87.1 cm³/mol. The van der Waals surface area contributed by atoms with Crippen molar-refractivity contribution in [1.82, 2.24) is 5.32 Å². The molecular weight excluding hydrogens is 261 g/mol. The third-order valence-corrected chi connectivity index (χ3v) is 4.05. The first-order valence-corrected chi connectivity index (χ1v) is 7.65. The molecule has 0 aliphatic heterocycles. The van der Waals surface area contributed by atoms with E-state index in [1.54, 1.807) is 6.07 Å². The third-order valence-electron chi connectivity index (χ3n) is 4.05. The molecule has 0 fully saturated rings. The normalized spacial score (nSPS) is 12.3. The summed E-state index contributed by atoms with van der Waals surface area (Å²) in [5, 5.41) is 3.36. The summed E-state index contributed by atoms with van der Waals surface area (Å²) < 4.78 is 13.4. The summed E-state index contributed by atoms with van der Waals surface area (Å²) in [5.74, 6) is -0.144. The van der Waals surface area contributed by atoms with Gasteiger partial charge in [-0.3, -0.25) is 0 Å². The Labute approximate surface area is 127 Å². The van der Waals surface area contributed by atoms with Crippen LogP contribution in [-0.4, -0.2) is 13.1 Å². The van der Waals surface area contributed by atoms with Gasteiger partial charge in [-0.25, -0.2) is 4.39 Å². The van der Waals surface area contributed by atoms with Crippen LogP contribution in [0.2, 0.25) is 0 Å². The Morgan fingerprint density at radius 3 is 2.57 bits per heavy atom. The van der Waals surface area contributed by atoms with Gasteiger partial charge >= 0.3 is 0 Å². The van der Waals surface area contributed by atoms with E-state index < -0.39 is 0 Å². The maximum absolute atomic E-state index is 13.4. The van der Waals surface area contributed by atoms with E-state index in [1.165, 1.54) is 17.2 Å². The number of hydrogen-bond donors (Lipinski definition) is 1. The van der Waals surface area contributed by atoms with E-state index in [0.29, 0.717) is 6.04 Å². The van der Waals surface area contributed by atoms with Gasteiger partial charge in [0, 0.05) is 6.04 Å². The lowest BCUT2D eigenvalue weighted by Crippen LogP contribution is -2.28. The highest BCUT2D eigenvalue weighted by molar-refractivity contribution is 5.27. The van der Waals surface area contributed by atoms with Gasteiger partial charge in [0.05, 0.1) is 0 Å². The Bertz CT molecular complexity index is 551. The molecule has 0 heterocycles.